The Balaban J connectivity index is 2.05. The number of piperidine rings is 1. The lowest BCUT2D eigenvalue weighted by Crippen LogP contribution is -2.68. The third kappa shape index (κ3) is 2.27. The Labute approximate surface area is 137 Å². The van der Waals surface area contributed by atoms with Gasteiger partial charge in [-0.2, -0.15) is 0 Å². The summed E-state index contributed by atoms with van der Waals surface area (Å²) in [5.74, 6) is -2.86. The maximum Gasteiger partial charge on any atom is 0.262 e. The van der Waals surface area contributed by atoms with Gasteiger partial charge in [0.05, 0.1) is 17.7 Å². The van der Waals surface area contributed by atoms with E-state index in [1.165, 1.54) is 19.1 Å². The molecule has 1 saturated heterocycles. The first-order chi connectivity index (χ1) is 11.4. The Bertz CT molecular complexity index is 753. The minimum absolute atomic E-state index is 0.0290. The van der Waals surface area contributed by atoms with Crippen LogP contribution in [0.15, 0.2) is 24.3 Å². The standard InChI is InChI=1S/C16H15N3O5/c1-9(20)17-8-16(7-6-12(21)18-15(16)24)19-13(22)10-4-2-3-5-11(10)14(19)23/h2-5H,6-8H2,1H3,(H,17,20)(H,18,21,24). The summed E-state index contributed by atoms with van der Waals surface area (Å²) in [6.07, 6.45) is -0.0673. The molecule has 1 aromatic carbocycles. The third-order valence-corrected chi connectivity index (χ3v) is 4.29. The summed E-state index contributed by atoms with van der Waals surface area (Å²) in [7, 11) is 0. The normalized spacial score (nSPS) is 23.1. The van der Waals surface area contributed by atoms with Crippen LogP contribution in [0.4, 0.5) is 0 Å². The van der Waals surface area contributed by atoms with E-state index in [4.69, 9.17) is 0 Å². The molecule has 0 bridgehead atoms. The van der Waals surface area contributed by atoms with Gasteiger partial charge in [0.25, 0.3) is 17.7 Å². The second kappa shape index (κ2) is 5.55. The molecule has 1 aromatic rings. The molecule has 0 aliphatic carbocycles. The molecule has 3 rings (SSSR count). The quantitative estimate of drug-likeness (QED) is 0.732. The number of carbonyl (C=O) groups excluding carboxylic acids is 5. The largest absolute Gasteiger partial charge is 0.353 e. The van der Waals surface area contributed by atoms with Gasteiger partial charge in [-0.3, -0.25) is 34.2 Å². The number of fused-ring (bicyclic) bond motifs is 1. The van der Waals surface area contributed by atoms with Crippen molar-refractivity contribution < 1.29 is 24.0 Å². The summed E-state index contributed by atoms with van der Waals surface area (Å²) >= 11 is 0. The highest BCUT2D eigenvalue weighted by Gasteiger charge is 2.55. The molecule has 5 amide bonds. The maximum absolute atomic E-state index is 12.7. The number of nitrogens with zero attached hydrogens (tertiary/aromatic N) is 1. The molecular weight excluding hydrogens is 314 g/mol. The molecule has 0 radical (unpaired) electrons. The van der Waals surface area contributed by atoms with E-state index in [1.807, 2.05) is 0 Å². The van der Waals surface area contributed by atoms with Gasteiger partial charge in [0.15, 0.2) is 0 Å². The fourth-order valence-electron chi connectivity index (χ4n) is 3.05. The van der Waals surface area contributed by atoms with E-state index >= 15 is 0 Å². The Morgan fingerprint density at radius 1 is 1.17 bits per heavy atom. The average Bonchev–Trinajstić information content (AvgIpc) is 2.80. The van der Waals surface area contributed by atoms with Gasteiger partial charge in [0.1, 0.15) is 5.54 Å². The van der Waals surface area contributed by atoms with Crippen molar-refractivity contribution >= 4 is 29.5 Å². The van der Waals surface area contributed by atoms with Crippen molar-refractivity contribution in [1.82, 2.24) is 15.5 Å². The van der Waals surface area contributed by atoms with E-state index in [2.05, 4.69) is 10.6 Å². The lowest BCUT2D eigenvalue weighted by Gasteiger charge is -2.41. The van der Waals surface area contributed by atoms with Gasteiger partial charge in [-0.1, -0.05) is 12.1 Å². The molecule has 2 aliphatic heterocycles. The van der Waals surface area contributed by atoms with Crippen LogP contribution in [0, 0.1) is 0 Å². The van der Waals surface area contributed by atoms with Crippen molar-refractivity contribution in [3.63, 3.8) is 0 Å². The Kier molecular flexibility index (Phi) is 3.67. The highest BCUT2D eigenvalue weighted by molar-refractivity contribution is 6.24. The molecular formula is C16H15N3O5. The van der Waals surface area contributed by atoms with Gasteiger partial charge in [-0.15, -0.1) is 0 Å². The fourth-order valence-corrected chi connectivity index (χ4v) is 3.05. The number of amides is 5. The average molecular weight is 329 g/mol. The SMILES string of the molecule is CC(=O)NCC1(N2C(=O)c3ccccc3C2=O)CCC(=O)NC1=O. The van der Waals surface area contributed by atoms with Crippen molar-refractivity contribution in [1.29, 1.82) is 0 Å². The molecule has 2 aliphatic rings. The van der Waals surface area contributed by atoms with E-state index in [-0.39, 0.29) is 30.5 Å². The fraction of sp³-hybridized carbons (Fsp3) is 0.312. The van der Waals surface area contributed by atoms with Crippen molar-refractivity contribution in [2.75, 3.05) is 6.54 Å². The summed E-state index contributed by atoms with van der Waals surface area (Å²) in [4.78, 5) is 61.6. The number of rotatable bonds is 3. The first-order valence-corrected chi connectivity index (χ1v) is 7.43. The van der Waals surface area contributed by atoms with Crippen LogP contribution >= 0.6 is 0 Å². The number of nitrogens with one attached hydrogen (secondary N) is 2. The van der Waals surface area contributed by atoms with E-state index < -0.39 is 35.1 Å². The topological polar surface area (TPSA) is 113 Å². The molecule has 0 spiro atoms. The highest BCUT2D eigenvalue weighted by Crippen LogP contribution is 2.34. The van der Waals surface area contributed by atoms with Gasteiger partial charge >= 0.3 is 0 Å². The zero-order chi connectivity index (χ0) is 17.5. The Morgan fingerprint density at radius 3 is 2.25 bits per heavy atom. The Morgan fingerprint density at radius 2 is 1.75 bits per heavy atom. The smallest absolute Gasteiger partial charge is 0.262 e. The van der Waals surface area contributed by atoms with Crippen LogP contribution in [0.1, 0.15) is 40.5 Å². The van der Waals surface area contributed by atoms with Crippen LogP contribution in [-0.2, 0) is 14.4 Å². The van der Waals surface area contributed by atoms with Gasteiger partial charge in [0, 0.05) is 13.3 Å². The molecule has 2 N–H and O–H groups in total. The van der Waals surface area contributed by atoms with Crippen molar-refractivity contribution in [3.8, 4) is 0 Å². The predicted molar refractivity (Wildman–Crippen MR) is 80.7 cm³/mol. The zero-order valence-electron chi connectivity index (χ0n) is 12.9. The van der Waals surface area contributed by atoms with Crippen molar-refractivity contribution in [2.24, 2.45) is 0 Å². The summed E-state index contributed by atoms with van der Waals surface area (Å²) in [5, 5.41) is 4.65. The van der Waals surface area contributed by atoms with Crippen LogP contribution < -0.4 is 10.6 Å². The number of imide groups is 2. The second-order valence-electron chi connectivity index (χ2n) is 5.81. The lowest BCUT2D eigenvalue weighted by atomic mass is 9.86. The summed E-state index contributed by atoms with van der Waals surface area (Å²) in [6.45, 7) is 1.02. The number of hydrogen-bond donors (Lipinski definition) is 2. The van der Waals surface area contributed by atoms with Crippen LogP contribution in [-0.4, -0.2) is 46.5 Å². The minimum atomic E-state index is -1.62. The number of benzene rings is 1. The molecule has 1 atom stereocenters. The monoisotopic (exact) mass is 329 g/mol. The van der Waals surface area contributed by atoms with Crippen LogP contribution in [0.25, 0.3) is 0 Å². The first-order valence-electron chi connectivity index (χ1n) is 7.43. The Hall–Kier alpha value is -3.03. The van der Waals surface area contributed by atoms with Gasteiger partial charge in [-0.05, 0) is 18.6 Å². The summed E-state index contributed by atoms with van der Waals surface area (Å²) in [5.41, 5.74) is -1.21. The van der Waals surface area contributed by atoms with E-state index in [1.54, 1.807) is 12.1 Å². The minimum Gasteiger partial charge on any atom is -0.353 e. The van der Waals surface area contributed by atoms with Crippen LogP contribution in [0.2, 0.25) is 0 Å². The molecule has 2 heterocycles. The molecule has 8 nitrogen and oxygen atoms in total. The van der Waals surface area contributed by atoms with Crippen LogP contribution in [0.5, 0.6) is 0 Å². The van der Waals surface area contributed by atoms with Gasteiger partial charge in [-0.25, -0.2) is 0 Å². The first kappa shape index (κ1) is 15.9. The number of carbonyl (C=O) groups is 5. The van der Waals surface area contributed by atoms with E-state index in [0.717, 1.165) is 4.90 Å². The molecule has 0 aromatic heterocycles. The van der Waals surface area contributed by atoms with Crippen LogP contribution in [0.3, 0.4) is 0 Å². The van der Waals surface area contributed by atoms with E-state index in [9.17, 15) is 24.0 Å². The molecule has 24 heavy (non-hydrogen) atoms. The lowest BCUT2D eigenvalue weighted by molar-refractivity contribution is -0.141. The highest BCUT2D eigenvalue weighted by atomic mass is 16.2. The zero-order valence-corrected chi connectivity index (χ0v) is 12.9. The molecule has 124 valence electrons. The predicted octanol–water partition coefficient (Wildman–Crippen LogP) is -0.406. The second-order valence-corrected chi connectivity index (χ2v) is 5.81. The van der Waals surface area contributed by atoms with Gasteiger partial charge in [0.2, 0.25) is 11.8 Å². The molecule has 1 unspecified atom stereocenters. The van der Waals surface area contributed by atoms with Crippen molar-refractivity contribution in [3.05, 3.63) is 35.4 Å². The van der Waals surface area contributed by atoms with E-state index in [0.29, 0.717) is 0 Å². The maximum atomic E-state index is 12.7. The number of hydrogen-bond acceptors (Lipinski definition) is 5. The van der Waals surface area contributed by atoms with Gasteiger partial charge < -0.3 is 5.32 Å². The molecule has 1 fully saturated rings. The molecule has 8 heteroatoms. The third-order valence-electron chi connectivity index (χ3n) is 4.29. The summed E-state index contributed by atoms with van der Waals surface area (Å²) < 4.78 is 0. The summed E-state index contributed by atoms with van der Waals surface area (Å²) in [6, 6.07) is 6.26. The van der Waals surface area contributed by atoms with Crippen molar-refractivity contribution in [2.45, 2.75) is 25.3 Å². The molecule has 0 saturated carbocycles.